The quantitative estimate of drug-likeness (QED) is 0.647. The Labute approximate surface area is 121 Å². The molecule has 0 aliphatic carbocycles. The third kappa shape index (κ3) is 2.71. The van der Waals surface area contributed by atoms with E-state index in [1.54, 1.807) is 18.2 Å². The zero-order valence-electron chi connectivity index (χ0n) is 11.2. The lowest BCUT2D eigenvalue weighted by molar-refractivity contribution is -0.146. The van der Waals surface area contributed by atoms with Crippen LogP contribution in [-0.2, 0) is 14.3 Å². The lowest BCUT2D eigenvalue weighted by Crippen LogP contribution is -2.59. The Balaban J connectivity index is 2.18. The zero-order valence-corrected chi connectivity index (χ0v) is 11.9. The van der Waals surface area contributed by atoms with E-state index >= 15 is 0 Å². The predicted octanol–water partition coefficient (Wildman–Crippen LogP) is 1.19. The van der Waals surface area contributed by atoms with Gasteiger partial charge < -0.3 is 20.1 Å². The molecule has 1 aliphatic heterocycles. The number of halogens is 1. The smallest absolute Gasteiger partial charge is 0.278 e. The minimum Gasteiger partial charge on any atom is -0.466 e. The van der Waals surface area contributed by atoms with Crippen LogP contribution >= 0.6 is 11.6 Å². The average molecular weight is 299 g/mol. The molecule has 0 saturated carbocycles. The summed E-state index contributed by atoms with van der Waals surface area (Å²) in [5.74, 6) is -0.659. The number of ether oxygens (including phenoxy) is 2. The van der Waals surface area contributed by atoms with E-state index in [1.807, 2.05) is 0 Å². The second-order valence-corrected chi connectivity index (χ2v) is 4.92. The Bertz CT molecular complexity index is 549. The van der Waals surface area contributed by atoms with E-state index in [-0.39, 0.29) is 0 Å². The van der Waals surface area contributed by atoms with E-state index in [1.165, 1.54) is 14.0 Å². The van der Waals surface area contributed by atoms with Crippen molar-refractivity contribution in [3.63, 3.8) is 0 Å². The van der Waals surface area contributed by atoms with Crippen LogP contribution in [0.3, 0.4) is 0 Å². The first kappa shape index (κ1) is 14.6. The molecule has 0 fully saturated rings. The lowest BCUT2D eigenvalue weighted by atomic mass is 10.0. The number of rotatable bonds is 4. The first-order valence-electron chi connectivity index (χ1n) is 6.04. The second-order valence-electron chi connectivity index (χ2n) is 4.48. The maximum Gasteiger partial charge on any atom is 0.278 e. The monoisotopic (exact) mass is 298 g/mol. The van der Waals surface area contributed by atoms with Crippen LogP contribution < -0.4 is 15.4 Å². The molecule has 1 heterocycles. The number of nitrogens with one attached hydrogen (secondary N) is 2. The molecule has 0 spiro atoms. The van der Waals surface area contributed by atoms with Gasteiger partial charge in [-0.2, -0.15) is 0 Å². The molecule has 0 radical (unpaired) electrons. The largest absolute Gasteiger partial charge is 0.466 e. The first-order valence-corrected chi connectivity index (χ1v) is 6.42. The number of methoxy groups -OCH3 is 1. The topological polar surface area (TPSA) is 76.7 Å². The van der Waals surface area contributed by atoms with Crippen molar-refractivity contribution in [2.45, 2.75) is 12.5 Å². The van der Waals surface area contributed by atoms with Crippen LogP contribution in [0, 0.1) is 0 Å². The second kappa shape index (κ2) is 5.68. The number of carbonyl (C=O) groups excluding carboxylic acids is 2. The van der Waals surface area contributed by atoms with Gasteiger partial charge in [-0.3, -0.25) is 9.59 Å². The number of carbonyl (C=O) groups is 2. The molecule has 0 unspecified atom stereocenters. The summed E-state index contributed by atoms with van der Waals surface area (Å²) in [5, 5.41) is 5.69. The molecule has 1 atom stereocenters. The minimum absolute atomic E-state index is 0.301. The summed E-state index contributed by atoms with van der Waals surface area (Å²) in [7, 11) is 1.53. The van der Waals surface area contributed by atoms with E-state index in [2.05, 4.69) is 10.6 Å². The molecule has 108 valence electrons. The van der Waals surface area contributed by atoms with Crippen LogP contribution in [0.2, 0.25) is 5.02 Å². The number of anilines is 1. The van der Waals surface area contributed by atoms with Crippen molar-refractivity contribution in [2.24, 2.45) is 0 Å². The number of hydrogen-bond donors (Lipinski definition) is 2. The van der Waals surface area contributed by atoms with Crippen LogP contribution in [0.1, 0.15) is 6.92 Å². The Morgan fingerprint density at radius 2 is 2.30 bits per heavy atom. The molecule has 6 nitrogen and oxygen atoms in total. The van der Waals surface area contributed by atoms with E-state index in [0.717, 1.165) is 0 Å². The van der Waals surface area contributed by atoms with Gasteiger partial charge in [-0.1, -0.05) is 11.6 Å². The van der Waals surface area contributed by atoms with Crippen molar-refractivity contribution >= 4 is 29.1 Å². The molecule has 0 aromatic heterocycles. The number of benzene rings is 1. The van der Waals surface area contributed by atoms with Crippen LogP contribution in [-0.4, -0.2) is 37.7 Å². The van der Waals surface area contributed by atoms with Crippen molar-refractivity contribution in [2.75, 3.05) is 25.6 Å². The lowest BCUT2D eigenvalue weighted by Gasteiger charge is -2.33. The molecule has 7 heteroatoms. The predicted molar refractivity (Wildman–Crippen MR) is 74.0 cm³/mol. The third-order valence-corrected chi connectivity index (χ3v) is 3.20. The number of amides is 2. The van der Waals surface area contributed by atoms with Gasteiger partial charge in [0.05, 0.1) is 12.3 Å². The molecule has 0 saturated heterocycles. The van der Waals surface area contributed by atoms with Gasteiger partial charge >= 0.3 is 0 Å². The van der Waals surface area contributed by atoms with Crippen molar-refractivity contribution in [3.05, 3.63) is 23.2 Å². The third-order valence-electron chi connectivity index (χ3n) is 2.96. The SMILES string of the molecule is COCCNC(=O)[C@@]1(C)Oc2ccc(Cl)cc2NC1=O. The van der Waals surface area contributed by atoms with Crippen LogP contribution in [0.25, 0.3) is 0 Å². The van der Waals surface area contributed by atoms with E-state index in [4.69, 9.17) is 21.1 Å². The molecule has 2 amide bonds. The Morgan fingerprint density at radius 1 is 1.55 bits per heavy atom. The van der Waals surface area contributed by atoms with Gasteiger partial charge in [0.2, 0.25) is 0 Å². The van der Waals surface area contributed by atoms with Gasteiger partial charge in [-0.05, 0) is 25.1 Å². The Kier molecular flexibility index (Phi) is 4.15. The summed E-state index contributed by atoms with van der Waals surface area (Å²) < 4.78 is 10.4. The summed E-state index contributed by atoms with van der Waals surface area (Å²) in [6.45, 7) is 2.08. The van der Waals surface area contributed by atoms with Gasteiger partial charge in [0.25, 0.3) is 17.4 Å². The molecule has 1 aromatic rings. The normalized spacial score (nSPS) is 20.6. The highest BCUT2D eigenvalue weighted by Gasteiger charge is 2.47. The molecule has 1 aromatic carbocycles. The van der Waals surface area contributed by atoms with Gasteiger partial charge in [0.1, 0.15) is 5.75 Å². The van der Waals surface area contributed by atoms with Crippen molar-refractivity contribution < 1.29 is 19.1 Å². The molecule has 1 aliphatic rings. The zero-order chi connectivity index (χ0) is 14.8. The first-order chi connectivity index (χ1) is 9.47. The summed E-state index contributed by atoms with van der Waals surface area (Å²) in [6.07, 6.45) is 0. The highest BCUT2D eigenvalue weighted by atomic mass is 35.5. The number of hydrogen-bond acceptors (Lipinski definition) is 4. The average Bonchev–Trinajstić information content (AvgIpc) is 2.40. The maximum absolute atomic E-state index is 12.1. The van der Waals surface area contributed by atoms with E-state index in [9.17, 15) is 9.59 Å². The fourth-order valence-electron chi connectivity index (χ4n) is 1.78. The Morgan fingerprint density at radius 3 is 3.00 bits per heavy atom. The highest BCUT2D eigenvalue weighted by molar-refractivity contribution is 6.31. The molecular weight excluding hydrogens is 284 g/mol. The van der Waals surface area contributed by atoms with Gasteiger partial charge in [-0.25, -0.2) is 0 Å². The minimum atomic E-state index is -1.62. The van der Waals surface area contributed by atoms with E-state index in [0.29, 0.717) is 29.6 Å². The molecular formula is C13H15ClN2O4. The Hall–Kier alpha value is -1.79. The van der Waals surface area contributed by atoms with Gasteiger partial charge in [-0.15, -0.1) is 0 Å². The van der Waals surface area contributed by atoms with Crippen LogP contribution in [0.15, 0.2) is 18.2 Å². The van der Waals surface area contributed by atoms with Crippen LogP contribution in [0.4, 0.5) is 5.69 Å². The molecule has 2 rings (SSSR count). The van der Waals surface area contributed by atoms with Gasteiger partial charge in [0, 0.05) is 18.7 Å². The summed E-state index contributed by atoms with van der Waals surface area (Å²) in [5.41, 5.74) is -1.17. The number of fused-ring (bicyclic) bond motifs is 1. The molecule has 2 N–H and O–H groups in total. The molecule has 0 bridgehead atoms. The van der Waals surface area contributed by atoms with Crippen LogP contribution in [0.5, 0.6) is 5.75 Å². The van der Waals surface area contributed by atoms with Crippen molar-refractivity contribution in [3.8, 4) is 5.75 Å². The fraction of sp³-hybridized carbons (Fsp3) is 0.385. The highest BCUT2D eigenvalue weighted by Crippen LogP contribution is 2.35. The fourth-order valence-corrected chi connectivity index (χ4v) is 1.95. The van der Waals surface area contributed by atoms with Crippen molar-refractivity contribution in [1.29, 1.82) is 0 Å². The summed E-state index contributed by atoms with van der Waals surface area (Å²) >= 11 is 5.84. The van der Waals surface area contributed by atoms with Crippen molar-refractivity contribution in [1.82, 2.24) is 5.32 Å². The molecule has 20 heavy (non-hydrogen) atoms. The summed E-state index contributed by atoms with van der Waals surface area (Å²) in [4.78, 5) is 24.2. The maximum atomic E-state index is 12.1. The van der Waals surface area contributed by atoms with E-state index < -0.39 is 17.4 Å². The summed E-state index contributed by atoms with van der Waals surface area (Å²) in [6, 6.07) is 4.80. The van der Waals surface area contributed by atoms with Gasteiger partial charge in [0.15, 0.2) is 0 Å². The standard InChI is InChI=1S/C13H15ClN2O4/c1-13(11(17)15-5-6-19-2)12(18)16-9-7-8(14)3-4-10(9)20-13/h3-4,7H,5-6H2,1-2H3,(H,15,17)(H,16,18)/t13-/m1/s1.